The van der Waals surface area contributed by atoms with Crippen molar-refractivity contribution < 1.29 is 8.42 Å². The molecule has 0 aliphatic heterocycles. The van der Waals surface area contributed by atoms with E-state index in [1.165, 1.54) is 18.2 Å². The second-order valence-corrected chi connectivity index (χ2v) is 7.64. The van der Waals surface area contributed by atoms with Crippen LogP contribution in [0.5, 0.6) is 0 Å². The molecule has 0 saturated heterocycles. The average molecular weight is 309 g/mol. The number of anilines is 1. The molecule has 3 rings (SSSR count). The summed E-state index contributed by atoms with van der Waals surface area (Å²) >= 11 is 1.13. The number of H-pyrrole nitrogens is 1. The normalized spacial score (nSPS) is 12.1. The summed E-state index contributed by atoms with van der Waals surface area (Å²) in [5.41, 5.74) is 6.07. The van der Waals surface area contributed by atoms with Gasteiger partial charge in [-0.1, -0.05) is 0 Å². The molecule has 2 aromatic heterocycles. The van der Waals surface area contributed by atoms with Gasteiger partial charge in [0.15, 0.2) is 0 Å². The number of benzene rings is 1. The van der Waals surface area contributed by atoms with E-state index in [9.17, 15) is 13.2 Å². The van der Waals surface area contributed by atoms with Crippen LogP contribution >= 0.6 is 11.3 Å². The maximum atomic E-state index is 12.6. The number of nitrogen functional groups attached to an aromatic ring is 1. The van der Waals surface area contributed by atoms with Crippen LogP contribution in [0.25, 0.3) is 11.0 Å². The lowest BCUT2D eigenvalue weighted by atomic mass is 10.3. The Balaban J connectivity index is 2.35. The molecule has 0 radical (unpaired) electrons. The maximum absolute atomic E-state index is 12.6. The molecule has 0 saturated carbocycles. The van der Waals surface area contributed by atoms with Crippen molar-refractivity contribution in [1.29, 1.82) is 0 Å². The Labute approximate surface area is 118 Å². The van der Waals surface area contributed by atoms with Crippen molar-refractivity contribution in [1.82, 2.24) is 8.96 Å². The molecule has 0 amide bonds. The highest BCUT2D eigenvalue weighted by Crippen LogP contribution is 2.25. The van der Waals surface area contributed by atoms with Crippen LogP contribution in [0.2, 0.25) is 0 Å². The first-order valence-electron chi connectivity index (χ1n) is 5.72. The summed E-state index contributed by atoms with van der Waals surface area (Å²) in [7, 11) is -3.89. The van der Waals surface area contributed by atoms with Gasteiger partial charge in [0, 0.05) is 10.6 Å². The molecule has 6 nitrogen and oxygen atoms in total. The Morgan fingerprint density at radius 2 is 2.00 bits per heavy atom. The van der Waals surface area contributed by atoms with Gasteiger partial charge in [0.2, 0.25) is 0 Å². The second-order valence-electron chi connectivity index (χ2n) is 4.34. The Bertz CT molecular complexity index is 963. The Hall–Kier alpha value is -2.06. The van der Waals surface area contributed by atoms with Gasteiger partial charge in [-0.3, -0.25) is 0 Å². The minimum absolute atomic E-state index is 0.134. The zero-order chi connectivity index (χ0) is 14.5. The lowest BCUT2D eigenvalue weighted by molar-refractivity contribution is 0.589. The molecule has 0 unspecified atom stereocenters. The van der Waals surface area contributed by atoms with Crippen LogP contribution < -0.4 is 11.4 Å². The quantitative estimate of drug-likeness (QED) is 0.701. The molecule has 0 bridgehead atoms. The van der Waals surface area contributed by atoms with Gasteiger partial charge in [-0.15, -0.1) is 11.3 Å². The van der Waals surface area contributed by atoms with Crippen molar-refractivity contribution in [2.75, 3.05) is 5.73 Å². The molecule has 0 fully saturated rings. The van der Waals surface area contributed by atoms with Gasteiger partial charge < -0.3 is 10.7 Å². The van der Waals surface area contributed by atoms with Crippen molar-refractivity contribution in [3.8, 4) is 0 Å². The van der Waals surface area contributed by atoms with Crippen molar-refractivity contribution in [2.24, 2.45) is 0 Å². The summed E-state index contributed by atoms with van der Waals surface area (Å²) in [5.74, 6) is 0. The second kappa shape index (κ2) is 4.22. The maximum Gasteiger partial charge on any atom is 0.340 e. The van der Waals surface area contributed by atoms with Gasteiger partial charge in [0.1, 0.15) is 4.21 Å². The standard InChI is InChI=1S/C12H11N3O3S2/c1-7-2-5-11(19-7)20(17,18)15-10-4-3-8(13)6-9(10)14-12(15)16/h2-6H,13H2,1H3,(H,14,16). The smallest absolute Gasteiger partial charge is 0.340 e. The van der Waals surface area contributed by atoms with Crippen molar-refractivity contribution in [3.05, 3.63) is 45.7 Å². The molecule has 0 aliphatic rings. The van der Waals surface area contributed by atoms with Gasteiger partial charge in [0.05, 0.1) is 11.0 Å². The lowest BCUT2D eigenvalue weighted by Gasteiger charge is -2.03. The van der Waals surface area contributed by atoms with E-state index in [1.54, 1.807) is 12.1 Å². The molecule has 8 heteroatoms. The molecule has 3 N–H and O–H groups in total. The number of nitrogens with one attached hydrogen (secondary N) is 1. The fourth-order valence-corrected chi connectivity index (χ4v) is 4.72. The third-order valence-electron chi connectivity index (χ3n) is 2.88. The molecule has 104 valence electrons. The number of nitrogens with zero attached hydrogens (tertiary/aromatic N) is 1. The van der Waals surface area contributed by atoms with Gasteiger partial charge in [0.25, 0.3) is 10.0 Å². The highest BCUT2D eigenvalue weighted by molar-refractivity contribution is 7.92. The first-order valence-corrected chi connectivity index (χ1v) is 7.97. The number of aromatic amines is 1. The molecule has 0 aliphatic carbocycles. The SMILES string of the molecule is Cc1ccc(S(=O)(=O)n2c(=O)[nH]c3cc(N)ccc32)s1. The van der Waals surface area contributed by atoms with E-state index >= 15 is 0 Å². The third-order valence-corrected chi connectivity index (χ3v) is 6.04. The predicted octanol–water partition coefficient (Wildman–Crippen LogP) is 1.52. The van der Waals surface area contributed by atoms with E-state index in [0.717, 1.165) is 20.2 Å². The third kappa shape index (κ3) is 1.84. The molecule has 1 aromatic carbocycles. The van der Waals surface area contributed by atoms with Gasteiger partial charge >= 0.3 is 5.69 Å². The molecule has 0 spiro atoms. The Morgan fingerprint density at radius 3 is 2.65 bits per heavy atom. The van der Waals surface area contributed by atoms with Crippen LogP contribution in [-0.4, -0.2) is 17.4 Å². The van der Waals surface area contributed by atoms with Crippen molar-refractivity contribution >= 4 is 38.1 Å². The average Bonchev–Trinajstić information content (AvgIpc) is 2.92. The first-order chi connectivity index (χ1) is 9.39. The molecular weight excluding hydrogens is 298 g/mol. The fraction of sp³-hybridized carbons (Fsp3) is 0.0833. The van der Waals surface area contributed by atoms with Crippen LogP contribution in [0.4, 0.5) is 5.69 Å². The van der Waals surface area contributed by atoms with E-state index in [4.69, 9.17) is 5.73 Å². The van der Waals surface area contributed by atoms with E-state index in [0.29, 0.717) is 11.2 Å². The molecule has 0 atom stereocenters. The summed E-state index contributed by atoms with van der Waals surface area (Å²) in [4.78, 5) is 15.3. The van der Waals surface area contributed by atoms with Crippen LogP contribution in [0, 0.1) is 6.92 Å². The number of aromatic nitrogens is 2. The molecule has 3 aromatic rings. The highest BCUT2D eigenvalue weighted by atomic mass is 32.2. The Kier molecular flexibility index (Phi) is 2.73. The number of imidazole rings is 1. The van der Waals surface area contributed by atoms with Gasteiger partial charge in [-0.05, 0) is 37.3 Å². The fourth-order valence-electron chi connectivity index (χ4n) is 1.99. The molecule has 20 heavy (non-hydrogen) atoms. The first kappa shape index (κ1) is 12.9. The number of rotatable bonds is 2. The van der Waals surface area contributed by atoms with E-state index in [2.05, 4.69) is 4.98 Å². The number of thiophene rings is 1. The summed E-state index contributed by atoms with van der Waals surface area (Å²) in [6.45, 7) is 1.81. The Morgan fingerprint density at radius 1 is 1.25 bits per heavy atom. The molecular formula is C12H11N3O3S2. The zero-order valence-corrected chi connectivity index (χ0v) is 12.1. The summed E-state index contributed by atoms with van der Waals surface area (Å²) in [6.07, 6.45) is 0. The van der Waals surface area contributed by atoms with Crippen molar-refractivity contribution in [2.45, 2.75) is 11.1 Å². The number of fused-ring (bicyclic) bond motifs is 1. The summed E-state index contributed by atoms with van der Waals surface area (Å²) in [5, 5.41) is 0. The summed E-state index contributed by atoms with van der Waals surface area (Å²) < 4.78 is 26.0. The largest absolute Gasteiger partial charge is 0.399 e. The van der Waals surface area contributed by atoms with Crippen LogP contribution in [0.1, 0.15) is 4.88 Å². The zero-order valence-electron chi connectivity index (χ0n) is 10.5. The lowest BCUT2D eigenvalue weighted by Crippen LogP contribution is -2.24. The van der Waals surface area contributed by atoms with Crippen LogP contribution in [-0.2, 0) is 10.0 Å². The summed E-state index contributed by atoms with van der Waals surface area (Å²) in [6, 6.07) is 7.80. The van der Waals surface area contributed by atoms with Crippen LogP contribution in [0.3, 0.4) is 0 Å². The predicted molar refractivity (Wildman–Crippen MR) is 78.6 cm³/mol. The van der Waals surface area contributed by atoms with Gasteiger partial charge in [-0.25, -0.2) is 4.79 Å². The minimum atomic E-state index is -3.89. The van der Waals surface area contributed by atoms with Gasteiger partial charge in [-0.2, -0.15) is 12.4 Å². The number of nitrogens with two attached hydrogens (primary N) is 1. The molecule has 2 heterocycles. The van der Waals surface area contributed by atoms with E-state index in [1.807, 2.05) is 6.92 Å². The highest BCUT2D eigenvalue weighted by Gasteiger charge is 2.24. The monoisotopic (exact) mass is 309 g/mol. The number of hydrogen-bond acceptors (Lipinski definition) is 5. The number of aryl methyl sites for hydroxylation is 1. The van der Waals surface area contributed by atoms with Crippen LogP contribution in [0.15, 0.2) is 39.3 Å². The number of hydrogen-bond donors (Lipinski definition) is 2. The van der Waals surface area contributed by atoms with E-state index < -0.39 is 15.7 Å². The topological polar surface area (TPSA) is 98.0 Å². The minimum Gasteiger partial charge on any atom is -0.399 e. The van der Waals surface area contributed by atoms with E-state index in [-0.39, 0.29) is 9.73 Å². The van der Waals surface area contributed by atoms with Crippen molar-refractivity contribution in [3.63, 3.8) is 0 Å².